The van der Waals surface area contributed by atoms with Crippen molar-refractivity contribution in [2.45, 2.75) is 32.2 Å². The van der Waals surface area contributed by atoms with Crippen LogP contribution in [0.15, 0.2) is 0 Å². The van der Waals surface area contributed by atoms with E-state index in [9.17, 15) is 4.79 Å². The van der Waals surface area contributed by atoms with E-state index in [-0.39, 0.29) is 5.91 Å². The highest BCUT2D eigenvalue weighted by atomic mass is 16.2. The van der Waals surface area contributed by atoms with E-state index in [2.05, 4.69) is 22.5 Å². The average molecular weight is 213 g/mol. The van der Waals surface area contributed by atoms with Gasteiger partial charge in [-0.15, -0.1) is 0 Å². The highest BCUT2D eigenvalue weighted by molar-refractivity contribution is 5.77. The summed E-state index contributed by atoms with van der Waals surface area (Å²) in [4.78, 5) is 13.6. The van der Waals surface area contributed by atoms with Gasteiger partial charge in [-0.3, -0.25) is 9.69 Å². The summed E-state index contributed by atoms with van der Waals surface area (Å²) < 4.78 is 0. The van der Waals surface area contributed by atoms with E-state index in [4.69, 9.17) is 0 Å². The smallest absolute Gasteiger partial charge is 0.234 e. The number of hydrogen-bond acceptors (Lipinski definition) is 3. The van der Waals surface area contributed by atoms with Gasteiger partial charge in [0, 0.05) is 19.1 Å². The Labute approximate surface area is 92.4 Å². The summed E-state index contributed by atoms with van der Waals surface area (Å²) in [5.41, 5.74) is 0. The molecule has 0 bridgehead atoms. The highest BCUT2D eigenvalue weighted by Crippen LogP contribution is 2.07. The number of nitrogens with zero attached hydrogens (tertiary/aromatic N) is 1. The number of rotatable bonds is 5. The topological polar surface area (TPSA) is 44.4 Å². The maximum Gasteiger partial charge on any atom is 0.234 e. The summed E-state index contributed by atoms with van der Waals surface area (Å²) in [6.45, 7) is 5.50. The number of carbonyl (C=O) groups is 1. The van der Waals surface area contributed by atoms with Crippen molar-refractivity contribution in [3.63, 3.8) is 0 Å². The minimum atomic E-state index is 0.143. The summed E-state index contributed by atoms with van der Waals surface area (Å²) in [7, 11) is 2.03. The minimum absolute atomic E-state index is 0.143. The predicted octanol–water partition coefficient (Wildman–Crippen LogP) is 0.196. The standard InChI is InChI=1S/C11H23N3O/c1-3-6-13-11(15)9-14(2)10-5-4-7-12-8-10/h10,12H,3-9H2,1-2H3,(H,13,15). The first-order valence-corrected chi connectivity index (χ1v) is 5.91. The van der Waals surface area contributed by atoms with Crippen molar-refractivity contribution in [2.24, 2.45) is 0 Å². The van der Waals surface area contributed by atoms with Crippen LogP contribution in [-0.2, 0) is 4.79 Å². The Kier molecular flexibility index (Phi) is 5.65. The van der Waals surface area contributed by atoms with Crippen molar-refractivity contribution in [3.8, 4) is 0 Å². The van der Waals surface area contributed by atoms with E-state index >= 15 is 0 Å². The van der Waals surface area contributed by atoms with Gasteiger partial charge in [0.15, 0.2) is 0 Å². The number of nitrogens with one attached hydrogen (secondary N) is 2. The molecule has 1 unspecified atom stereocenters. The number of carbonyl (C=O) groups excluding carboxylic acids is 1. The molecule has 1 heterocycles. The molecule has 1 amide bonds. The molecular weight excluding hydrogens is 190 g/mol. The molecule has 15 heavy (non-hydrogen) atoms. The van der Waals surface area contributed by atoms with Crippen molar-refractivity contribution in [3.05, 3.63) is 0 Å². The van der Waals surface area contributed by atoms with Crippen molar-refractivity contribution >= 4 is 5.91 Å². The van der Waals surface area contributed by atoms with Crippen LogP contribution in [-0.4, -0.2) is 50.1 Å². The fourth-order valence-electron chi connectivity index (χ4n) is 1.89. The zero-order valence-electron chi connectivity index (χ0n) is 9.88. The molecule has 88 valence electrons. The lowest BCUT2D eigenvalue weighted by atomic mass is 10.1. The minimum Gasteiger partial charge on any atom is -0.355 e. The second kappa shape index (κ2) is 6.80. The van der Waals surface area contributed by atoms with Crippen molar-refractivity contribution in [1.82, 2.24) is 15.5 Å². The summed E-state index contributed by atoms with van der Waals surface area (Å²) in [5, 5.41) is 6.26. The normalized spacial score (nSPS) is 21.7. The SMILES string of the molecule is CCCNC(=O)CN(C)C1CCCNC1. The van der Waals surface area contributed by atoms with Gasteiger partial charge in [-0.25, -0.2) is 0 Å². The summed E-state index contributed by atoms with van der Waals surface area (Å²) in [6.07, 6.45) is 3.41. The molecule has 4 nitrogen and oxygen atoms in total. The third kappa shape index (κ3) is 4.62. The van der Waals surface area contributed by atoms with E-state index in [0.29, 0.717) is 12.6 Å². The first-order valence-electron chi connectivity index (χ1n) is 5.91. The van der Waals surface area contributed by atoms with E-state index in [1.54, 1.807) is 0 Å². The molecule has 0 spiro atoms. The van der Waals surface area contributed by atoms with Crippen molar-refractivity contribution < 1.29 is 4.79 Å². The average Bonchev–Trinajstić information content (AvgIpc) is 2.27. The zero-order chi connectivity index (χ0) is 11.1. The molecule has 1 fully saturated rings. The maximum atomic E-state index is 11.5. The molecule has 0 radical (unpaired) electrons. The fourth-order valence-corrected chi connectivity index (χ4v) is 1.89. The van der Waals surface area contributed by atoms with Gasteiger partial charge < -0.3 is 10.6 Å². The van der Waals surface area contributed by atoms with Crippen molar-refractivity contribution in [1.29, 1.82) is 0 Å². The van der Waals surface area contributed by atoms with Crippen LogP contribution in [0.1, 0.15) is 26.2 Å². The van der Waals surface area contributed by atoms with E-state index in [0.717, 1.165) is 26.1 Å². The molecule has 1 saturated heterocycles. The van der Waals surface area contributed by atoms with Crippen LogP contribution < -0.4 is 10.6 Å². The molecule has 0 aromatic heterocycles. The van der Waals surface area contributed by atoms with Gasteiger partial charge in [0.2, 0.25) is 5.91 Å². The molecule has 1 aliphatic rings. The Morgan fingerprint density at radius 2 is 2.40 bits per heavy atom. The Balaban J connectivity index is 2.21. The van der Waals surface area contributed by atoms with Gasteiger partial charge in [-0.05, 0) is 32.9 Å². The highest BCUT2D eigenvalue weighted by Gasteiger charge is 2.19. The Bertz CT molecular complexity index is 190. The Morgan fingerprint density at radius 1 is 1.60 bits per heavy atom. The molecule has 0 aromatic carbocycles. The van der Waals surface area contributed by atoms with Gasteiger partial charge >= 0.3 is 0 Å². The van der Waals surface area contributed by atoms with Gasteiger partial charge in [0.05, 0.1) is 6.54 Å². The number of hydrogen-bond donors (Lipinski definition) is 2. The number of piperidine rings is 1. The Hall–Kier alpha value is -0.610. The van der Waals surface area contributed by atoms with E-state index in [1.807, 2.05) is 7.05 Å². The molecule has 0 aliphatic carbocycles. The quantitative estimate of drug-likeness (QED) is 0.685. The van der Waals surface area contributed by atoms with Gasteiger partial charge in [-0.1, -0.05) is 6.92 Å². The first-order chi connectivity index (χ1) is 7.24. The molecule has 0 aromatic rings. The molecular formula is C11H23N3O. The van der Waals surface area contributed by atoms with Crippen LogP contribution in [0.25, 0.3) is 0 Å². The zero-order valence-corrected chi connectivity index (χ0v) is 9.88. The predicted molar refractivity (Wildman–Crippen MR) is 61.8 cm³/mol. The summed E-state index contributed by atoms with van der Waals surface area (Å²) in [5.74, 6) is 0.143. The lowest BCUT2D eigenvalue weighted by Gasteiger charge is -2.31. The molecule has 1 atom stereocenters. The number of likely N-dealkylation sites (N-methyl/N-ethyl adjacent to an activating group) is 1. The van der Waals surface area contributed by atoms with Crippen LogP contribution in [0, 0.1) is 0 Å². The second-order valence-electron chi connectivity index (χ2n) is 4.27. The summed E-state index contributed by atoms with van der Waals surface area (Å²) >= 11 is 0. The lowest BCUT2D eigenvalue weighted by Crippen LogP contribution is -2.47. The lowest BCUT2D eigenvalue weighted by molar-refractivity contribution is -0.122. The van der Waals surface area contributed by atoms with Gasteiger partial charge in [-0.2, -0.15) is 0 Å². The van der Waals surface area contributed by atoms with Crippen molar-refractivity contribution in [2.75, 3.05) is 33.2 Å². The fraction of sp³-hybridized carbons (Fsp3) is 0.909. The van der Waals surface area contributed by atoms with Crippen LogP contribution in [0.2, 0.25) is 0 Å². The van der Waals surface area contributed by atoms with Gasteiger partial charge in [0.25, 0.3) is 0 Å². The molecule has 1 rings (SSSR count). The molecule has 1 aliphatic heterocycles. The third-order valence-electron chi connectivity index (χ3n) is 2.86. The van der Waals surface area contributed by atoms with Crippen LogP contribution in [0.4, 0.5) is 0 Å². The van der Waals surface area contributed by atoms with Crippen LogP contribution in [0.3, 0.4) is 0 Å². The third-order valence-corrected chi connectivity index (χ3v) is 2.86. The van der Waals surface area contributed by atoms with Gasteiger partial charge in [0.1, 0.15) is 0 Å². The number of amides is 1. The summed E-state index contributed by atoms with van der Waals surface area (Å²) in [6, 6.07) is 0.520. The largest absolute Gasteiger partial charge is 0.355 e. The Morgan fingerprint density at radius 3 is 3.00 bits per heavy atom. The van der Waals surface area contributed by atoms with E-state index in [1.165, 1.54) is 12.8 Å². The molecule has 4 heteroatoms. The monoisotopic (exact) mass is 213 g/mol. The van der Waals surface area contributed by atoms with E-state index < -0.39 is 0 Å². The molecule has 2 N–H and O–H groups in total. The second-order valence-corrected chi connectivity index (χ2v) is 4.27. The van der Waals surface area contributed by atoms with Crippen LogP contribution >= 0.6 is 0 Å². The maximum absolute atomic E-state index is 11.5. The van der Waals surface area contributed by atoms with Crippen LogP contribution in [0.5, 0.6) is 0 Å². The first kappa shape index (κ1) is 12.5. The molecule has 0 saturated carbocycles.